The number of hydrogen-bond acceptors (Lipinski definition) is 4. The average molecular weight is 490 g/mol. The summed E-state index contributed by atoms with van der Waals surface area (Å²) in [6, 6.07) is 8.65. The first-order valence-electron chi connectivity index (χ1n) is 9.41. The lowest BCUT2D eigenvalue weighted by Crippen LogP contribution is -2.44. The Kier molecular flexibility index (Phi) is 10.4. The van der Waals surface area contributed by atoms with Crippen LogP contribution >= 0.6 is 24.0 Å². The third-order valence-electron chi connectivity index (χ3n) is 4.36. The number of nitrogens with one attached hydrogen (secondary N) is 1. The summed E-state index contributed by atoms with van der Waals surface area (Å²) in [6.07, 6.45) is 2.21. The highest BCUT2D eigenvalue weighted by atomic mass is 127. The van der Waals surface area contributed by atoms with E-state index in [4.69, 9.17) is 15.2 Å². The minimum atomic E-state index is -0.0883. The Morgan fingerprint density at radius 3 is 2.70 bits per heavy atom. The van der Waals surface area contributed by atoms with Crippen molar-refractivity contribution in [3.05, 3.63) is 29.8 Å². The minimum Gasteiger partial charge on any atom is -0.492 e. The zero-order valence-corrected chi connectivity index (χ0v) is 19.4. The molecule has 0 amide bonds. The number of guanidine groups is 1. The molecule has 1 heterocycles. The van der Waals surface area contributed by atoms with Crippen molar-refractivity contribution in [1.82, 2.24) is 10.2 Å². The van der Waals surface area contributed by atoms with Gasteiger partial charge in [-0.1, -0.05) is 12.1 Å². The first kappa shape index (κ1) is 24.0. The van der Waals surface area contributed by atoms with Crippen LogP contribution < -0.4 is 15.8 Å². The lowest BCUT2D eigenvalue weighted by atomic mass is 10.1. The predicted molar refractivity (Wildman–Crippen MR) is 122 cm³/mol. The van der Waals surface area contributed by atoms with Crippen LogP contribution in [0.4, 0.5) is 0 Å². The molecule has 1 aromatic rings. The van der Waals surface area contributed by atoms with E-state index in [0.717, 1.165) is 43.9 Å². The fourth-order valence-corrected chi connectivity index (χ4v) is 2.95. The minimum absolute atomic E-state index is 0. The molecule has 1 aliphatic heterocycles. The number of ether oxygens (including phenoxy) is 2. The summed E-state index contributed by atoms with van der Waals surface area (Å²) < 4.78 is 11.3. The highest BCUT2D eigenvalue weighted by Crippen LogP contribution is 2.15. The molecule has 0 spiro atoms. The predicted octanol–water partition coefficient (Wildman–Crippen LogP) is 3.00. The Labute approximate surface area is 180 Å². The van der Waals surface area contributed by atoms with Gasteiger partial charge in [-0.2, -0.15) is 0 Å². The van der Waals surface area contributed by atoms with Gasteiger partial charge < -0.3 is 20.5 Å². The molecule has 7 heteroatoms. The average Bonchev–Trinajstić information content (AvgIpc) is 2.59. The summed E-state index contributed by atoms with van der Waals surface area (Å²) >= 11 is 0. The van der Waals surface area contributed by atoms with Crippen LogP contribution in [0.1, 0.15) is 39.2 Å². The second-order valence-corrected chi connectivity index (χ2v) is 7.90. The monoisotopic (exact) mass is 490 g/mol. The Bertz CT molecular complexity index is 584. The van der Waals surface area contributed by atoms with E-state index in [1.165, 1.54) is 0 Å². The molecule has 6 nitrogen and oxygen atoms in total. The fourth-order valence-electron chi connectivity index (χ4n) is 2.95. The molecular weight excluding hydrogens is 455 g/mol. The van der Waals surface area contributed by atoms with Gasteiger partial charge in [0.25, 0.3) is 0 Å². The van der Waals surface area contributed by atoms with Crippen LogP contribution in [-0.2, 0) is 11.3 Å². The number of nitrogens with zero attached hydrogens (tertiary/aromatic N) is 2. The van der Waals surface area contributed by atoms with Crippen LogP contribution in [0.15, 0.2) is 29.3 Å². The van der Waals surface area contributed by atoms with Crippen molar-refractivity contribution < 1.29 is 9.47 Å². The summed E-state index contributed by atoms with van der Waals surface area (Å²) in [4.78, 5) is 6.77. The maximum Gasteiger partial charge on any atom is 0.189 e. The van der Waals surface area contributed by atoms with Gasteiger partial charge in [0, 0.05) is 31.3 Å². The first-order chi connectivity index (χ1) is 12.3. The summed E-state index contributed by atoms with van der Waals surface area (Å²) in [5.41, 5.74) is 6.92. The number of rotatable bonds is 7. The van der Waals surface area contributed by atoms with Gasteiger partial charge >= 0.3 is 0 Å². The van der Waals surface area contributed by atoms with Crippen LogP contribution in [0.2, 0.25) is 0 Å². The Balaban J connectivity index is 0.00000364. The second-order valence-electron chi connectivity index (χ2n) is 7.90. The van der Waals surface area contributed by atoms with Gasteiger partial charge in [0.15, 0.2) is 5.96 Å². The largest absolute Gasteiger partial charge is 0.492 e. The highest BCUT2D eigenvalue weighted by Gasteiger charge is 2.18. The fraction of sp³-hybridized carbons (Fsp3) is 0.650. The van der Waals surface area contributed by atoms with E-state index in [1.807, 2.05) is 24.3 Å². The van der Waals surface area contributed by atoms with Crippen LogP contribution in [-0.4, -0.2) is 55.9 Å². The molecular formula is C20H35IN4O2. The molecule has 0 saturated carbocycles. The number of aliphatic imine (C=N–C) groups is 1. The molecule has 1 aromatic carbocycles. The van der Waals surface area contributed by atoms with Gasteiger partial charge in [-0.15, -0.1) is 24.0 Å². The molecule has 1 fully saturated rings. The van der Waals surface area contributed by atoms with Crippen molar-refractivity contribution in [2.24, 2.45) is 10.7 Å². The summed E-state index contributed by atoms with van der Waals surface area (Å²) in [5.74, 6) is 1.34. The summed E-state index contributed by atoms with van der Waals surface area (Å²) in [7, 11) is 2.16. The van der Waals surface area contributed by atoms with E-state index in [-0.39, 0.29) is 29.5 Å². The Morgan fingerprint density at radius 2 is 2.04 bits per heavy atom. The van der Waals surface area contributed by atoms with Crippen LogP contribution in [0.25, 0.3) is 0 Å². The molecule has 0 aromatic heterocycles. The number of nitrogens with two attached hydrogens (primary N) is 1. The topological polar surface area (TPSA) is 72.1 Å². The number of benzene rings is 1. The van der Waals surface area contributed by atoms with Gasteiger partial charge in [-0.05, 0) is 58.4 Å². The number of likely N-dealkylation sites (N-methyl/N-ethyl adjacent to an activating group) is 1. The molecule has 3 N–H and O–H groups in total. The zero-order chi connectivity index (χ0) is 19.0. The molecule has 0 aliphatic carbocycles. The smallest absolute Gasteiger partial charge is 0.189 e. The van der Waals surface area contributed by atoms with Gasteiger partial charge in [0.05, 0.1) is 6.54 Å². The summed E-state index contributed by atoms with van der Waals surface area (Å²) in [5, 5.41) is 3.16. The maximum atomic E-state index is 5.93. The standard InChI is InChI=1S/C20H34N4O2.HI/c1-20(2,3)23-19(21)22-15-16-6-5-7-18(14-16)26-13-10-24(4)17-8-11-25-12-9-17;/h5-7,14,17H,8-13,15H2,1-4H3,(H3,21,22,23);1H. The molecule has 0 bridgehead atoms. The zero-order valence-electron chi connectivity index (χ0n) is 17.0. The highest BCUT2D eigenvalue weighted by molar-refractivity contribution is 14.0. The van der Waals surface area contributed by atoms with Crippen LogP contribution in [0.5, 0.6) is 5.75 Å². The quantitative estimate of drug-likeness (QED) is 0.350. The summed E-state index contributed by atoms with van der Waals surface area (Å²) in [6.45, 7) is 10.0. The molecule has 0 atom stereocenters. The lowest BCUT2D eigenvalue weighted by molar-refractivity contribution is 0.0392. The molecule has 27 heavy (non-hydrogen) atoms. The third-order valence-corrected chi connectivity index (χ3v) is 4.36. The van der Waals surface area contributed by atoms with Gasteiger partial charge in [0.2, 0.25) is 0 Å². The van der Waals surface area contributed by atoms with Crippen molar-refractivity contribution in [3.8, 4) is 5.75 Å². The molecule has 154 valence electrons. The van der Waals surface area contributed by atoms with Crippen molar-refractivity contribution >= 4 is 29.9 Å². The third kappa shape index (κ3) is 9.62. The van der Waals surface area contributed by atoms with E-state index in [1.54, 1.807) is 0 Å². The van der Waals surface area contributed by atoms with Crippen molar-refractivity contribution in [3.63, 3.8) is 0 Å². The van der Waals surface area contributed by atoms with E-state index in [9.17, 15) is 0 Å². The van der Waals surface area contributed by atoms with Gasteiger partial charge in [-0.25, -0.2) is 4.99 Å². The van der Waals surface area contributed by atoms with E-state index in [2.05, 4.69) is 43.0 Å². The van der Waals surface area contributed by atoms with Gasteiger partial charge in [-0.3, -0.25) is 4.90 Å². The van der Waals surface area contributed by atoms with E-state index in [0.29, 0.717) is 25.2 Å². The molecule has 0 radical (unpaired) electrons. The Hall–Kier alpha value is -1.06. The van der Waals surface area contributed by atoms with Crippen LogP contribution in [0, 0.1) is 0 Å². The maximum absolute atomic E-state index is 5.93. The second kappa shape index (κ2) is 11.7. The number of halogens is 1. The molecule has 1 saturated heterocycles. The van der Waals surface area contributed by atoms with Crippen LogP contribution in [0.3, 0.4) is 0 Å². The Morgan fingerprint density at radius 1 is 1.33 bits per heavy atom. The van der Waals surface area contributed by atoms with Gasteiger partial charge in [0.1, 0.15) is 12.4 Å². The molecule has 1 aliphatic rings. The molecule has 2 rings (SSSR count). The van der Waals surface area contributed by atoms with Crippen molar-refractivity contribution in [1.29, 1.82) is 0 Å². The molecule has 0 unspecified atom stereocenters. The normalized spacial score (nSPS) is 16.1. The van der Waals surface area contributed by atoms with E-state index < -0.39 is 0 Å². The first-order valence-corrected chi connectivity index (χ1v) is 9.41. The lowest BCUT2D eigenvalue weighted by Gasteiger charge is -2.31. The SMILES string of the molecule is CN(CCOc1cccc(CN=C(N)NC(C)(C)C)c1)C1CCOCC1.I. The van der Waals surface area contributed by atoms with Crippen molar-refractivity contribution in [2.45, 2.75) is 51.7 Å². The van der Waals surface area contributed by atoms with Crippen molar-refractivity contribution in [2.75, 3.05) is 33.4 Å². The number of hydrogen-bond donors (Lipinski definition) is 2. The van der Waals surface area contributed by atoms with E-state index >= 15 is 0 Å².